The van der Waals surface area contributed by atoms with Crippen LogP contribution < -0.4 is 18.9 Å². The normalized spacial score (nSPS) is 18.1. The van der Waals surface area contributed by atoms with Crippen molar-refractivity contribution in [1.29, 1.82) is 0 Å². The van der Waals surface area contributed by atoms with Crippen molar-refractivity contribution in [1.82, 2.24) is 4.90 Å². The lowest BCUT2D eigenvalue weighted by Gasteiger charge is -2.31. The van der Waals surface area contributed by atoms with Gasteiger partial charge in [-0.1, -0.05) is 31.2 Å². The average Bonchev–Trinajstić information content (AvgIpc) is 3.42. The topological polar surface area (TPSA) is 92.8 Å². The van der Waals surface area contributed by atoms with Crippen molar-refractivity contribution >= 4 is 23.5 Å². The molecular weight excluding hydrogens is 538 g/mol. The molecule has 3 aromatic rings. The van der Waals surface area contributed by atoms with Gasteiger partial charge in [0.05, 0.1) is 14.2 Å². The lowest BCUT2D eigenvalue weighted by atomic mass is 9.86. The Balaban J connectivity index is 1.42. The molecule has 3 aromatic carbocycles. The molecule has 0 aliphatic carbocycles. The van der Waals surface area contributed by atoms with Crippen molar-refractivity contribution in [3.63, 3.8) is 0 Å². The minimum Gasteiger partial charge on any atom is -0.492 e. The molecule has 2 aliphatic heterocycles. The van der Waals surface area contributed by atoms with Crippen LogP contribution in [0.25, 0.3) is 11.1 Å². The van der Waals surface area contributed by atoms with E-state index in [1.165, 1.54) is 20.6 Å². The van der Waals surface area contributed by atoms with E-state index < -0.39 is 18.4 Å². The number of methoxy groups -OCH3 is 2. The smallest absolute Gasteiger partial charge is 0.492 e. The van der Waals surface area contributed by atoms with Gasteiger partial charge in [-0.05, 0) is 78.9 Å². The fraction of sp³-hybridized carbons (Fsp3) is 0.333. The minimum absolute atomic E-state index is 0.316. The van der Waals surface area contributed by atoms with Gasteiger partial charge in [-0.15, -0.1) is 0 Å². The molecule has 2 unspecified atom stereocenters. The van der Waals surface area contributed by atoms with Crippen LogP contribution >= 0.6 is 0 Å². The molecule has 0 N–H and O–H groups in total. The predicted octanol–water partition coefficient (Wildman–Crippen LogP) is 6.76. The first-order valence-corrected chi connectivity index (χ1v) is 13.9. The standard InChI is InChI=1S/C33H35NO8/c1-21-15-16-34(20-21)17-18-39-25-9-7-24(8-10-25)31-30(23-5-11-26(12-6-23)40-32(35)37-3)22(2)28-14-13-27(19-29(28)42-31)41-33(36)38-4/h5-14,19,21,31H,15-18,20H2,1-4H3. The van der Waals surface area contributed by atoms with Gasteiger partial charge < -0.3 is 28.4 Å². The van der Waals surface area contributed by atoms with E-state index in [2.05, 4.69) is 21.3 Å². The summed E-state index contributed by atoms with van der Waals surface area (Å²) in [5, 5.41) is 0. The Labute approximate surface area is 245 Å². The average molecular weight is 574 g/mol. The molecule has 0 aromatic heterocycles. The number of hydrogen-bond acceptors (Lipinski definition) is 9. The number of carbonyl (C=O) groups excluding carboxylic acids is 2. The third-order valence-corrected chi connectivity index (χ3v) is 7.54. The summed E-state index contributed by atoms with van der Waals surface area (Å²) in [6, 6.07) is 20.3. The number of hydrogen-bond donors (Lipinski definition) is 0. The largest absolute Gasteiger partial charge is 0.513 e. The quantitative estimate of drug-likeness (QED) is 0.214. The second kappa shape index (κ2) is 13.0. The van der Waals surface area contributed by atoms with Crippen LogP contribution in [0.3, 0.4) is 0 Å². The molecule has 1 fully saturated rings. The molecule has 2 atom stereocenters. The maximum atomic E-state index is 11.7. The molecule has 220 valence electrons. The van der Waals surface area contributed by atoms with Gasteiger partial charge in [0.25, 0.3) is 0 Å². The van der Waals surface area contributed by atoms with Crippen molar-refractivity contribution < 1.29 is 38.0 Å². The SMILES string of the molecule is COC(=O)Oc1ccc(C2=C(C)c3ccc(OC(=O)OC)cc3OC2c2ccc(OCCN3CCC(C)C3)cc2)cc1. The van der Waals surface area contributed by atoms with Crippen molar-refractivity contribution in [2.24, 2.45) is 5.92 Å². The summed E-state index contributed by atoms with van der Waals surface area (Å²) < 4.78 is 32.3. The summed E-state index contributed by atoms with van der Waals surface area (Å²) in [5.74, 6) is 2.80. The van der Waals surface area contributed by atoms with Crippen LogP contribution in [0, 0.1) is 5.92 Å². The molecular formula is C33H35NO8. The van der Waals surface area contributed by atoms with Crippen LogP contribution in [0.2, 0.25) is 0 Å². The van der Waals surface area contributed by atoms with Crippen LogP contribution in [0.1, 0.15) is 43.1 Å². The zero-order valence-electron chi connectivity index (χ0n) is 24.3. The maximum absolute atomic E-state index is 11.7. The summed E-state index contributed by atoms with van der Waals surface area (Å²) in [6.45, 7) is 8.10. The van der Waals surface area contributed by atoms with E-state index in [-0.39, 0.29) is 0 Å². The van der Waals surface area contributed by atoms with Crippen molar-refractivity contribution in [2.45, 2.75) is 26.4 Å². The molecule has 0 amide bonds. The Kier molecular flexibility index (Phi) is 8.97. The molecule has 9 nitrogen and oxygen atoms in total. The van der Waals surface area contributed by atoms with Gasteiger partial charge in [-0.25, -0.2) is 9.59 Å². The number of nitrogens with zero attached hydrogens (tertiary/aromatic N) is 1. The van der Waals surface area contributed by atoms with Crippen molar-refractivity contribution in [3.8, 4) is 23.0 Å². The summed E-state index contributed by atoms with van der Waals surface area (Å²) in [5.41, 5.74) is 4.63. The summed E-state index contributed by atoms with van der Waals surface area (Å²) in [6.07, 6.45) is -0.822. The second-order valence-corrected chi connectivity index (χ2v) is 10.4. The number of ether oxygens (including phenoxy) is 6. The maximum Gasteiger partial charge on any atom is 0.513 e. The first kappa shape index (κ1) is 29.0. The lowest BCUT2D eigenvalue weighted by Crippen LogP contribution is -2.25. The van der Waals surface area contributed by atoms with Gasteiger partial charge in [0.1, 0.15) is 35.7 Å². The Morgan fingerprint density at radius 3 is 2.17 bits per heavy atom. The molecule has 2 heterocycles. The van der Waals surface area contributed by atoms with Crippen LogP contribution in [-0.4, -0.2) is 57.7 Å². The number of likely N-dealkylation sites (tertiary alicyclic amines) is 1. The van der Waals surface area contributed by atoms with Crippen molar-refractivity contribution in [3.05, 3.63) is 83.4 Å². The Hall–Kier alpha value is -4.50. The Bertz CT molecular complexity index is 1450. The molecule has 5 rings (SSSR count). The van der Waals surface area contributed by atoms with Gasteiger partial charge >= 0.3 is 12.3 Å². The van der Waals surface area contributed by atoms with Gasteiger partial charge in [0, 0.05) is 30.3 Å². The summed E-state index contributed by atoms with van der Waals surface area (Å²) >= 11 is 0. The third-order valence-electron chi connectivity index (χ3n) is 7.54. The fourth-order valence-electron chi connectivity index (χ4n) is 5.34. The van der Waals surface area contributed by atoms with E-state index in [4.69, 9.17) is 18.9 Å². The molecule has 2 aliphatic rings. The number of carbonyl (C=O) groups is 2. The Morgan fingerprint density at radius 1 is 0.881 bits per heavy atom. The Morgan fingerprint density at radius 2 is 1.52 bits per heavy atom. The van der Waals surface area contributed by atoms with Crippen LogP contribution in [-0.2, 0) is 9.47 Å². The highest BCUT2D eigenvalue weighted by atomic mass is 16.7. The van der Waals surface area contributed by atoms with E-state index in [9.17, 15) is 9.59 Å². The lowest BCUT2D eigenvalue weighted by molar-refractivity contribution is 0.120. The fourth-order valence-corrected chi connectivity index (χ4v) is 5.34. The second-order valence-electron chi connectivity index (χ2n) is 10.4. The van der Waals surface area contributed by atoms with Gasteiger partial charge in [-0.2, -0.15) is 0 Å². The first-order chi connectivity index (χ1) is 20.3. The zero-order valence-corrected chi connectivity index (χ0v) is 24.3. The van der Waals surface area contributed by atoms with E-state index in [0.717, 1.165) is 59.1 Å². The number of rotatable bonds is 8. The molecule has 0 spiro atoms. The summed E-state index contributed by atoms with van der Waals surface area (Å²) in [4.78, 5) is 25.7. The van der Waals surface area contributed by atoms with E-state index in [1.54, 1.807) is 24.3 Å². The van der Waals surface area contributed by atoms with Crippen molar-refractivity contribution in [2.75, 3.05) is 40.5 Å². The number of allylic oxidation sites excluding steroid dienone is 1. The monoisotopic (exact) mass is 573 g/mol. The number of benzene rings is 3. The van der Waals surface area contributed by atoms with E-state index in [1.807, 2.05) is 49.4 Å². The molecule has 0 bridgehead atoms. The first-order valence-electron chi connectivity index (χ1n) is 13.9. The molecule has 9 heteroatoms. The van der Waals surface area contributed by atoms with E-state index >= 15 is 0 Å². The van der Waals surface area contributed by atoms with E-state index in [0.29, 0.717) is 23.9 Å². The highest BCUT2D eigenvalue weighted by Crippen LogP contribution is 2.47. The summed E-state index contributed by atoms with van der Waals surface area (Å²) in [7, 11) is 2.52. The molecule has 0 radical (unpaired) electrons. The van der Waals surface area contributed by atoms with Crippen LogP contribution in [0.15, 0.2) is 66.7 Å². The minimum atomic E-state index is -0.806. The molecule has 42 heavy (non-hydrogen) atoms. The highest BCUT2D eigenvalue weighted by Gasteiger charge is 2.30. The molecule has 1 saturated heterocycles. The van der Waals surface area contributed by atoms with Gasteiger partial charge in [-0.3, -0.25) is 4.90 Å². The van der Waals surface area contributed by atoms with Crippen LogP contribution in [0.4, 0.5) is 9.59 Å². The van der Waals surface area contributed by atoms with Gasteiger partial charge in [0.2, 0.25) is 0 Å². The zero-order chi connectivity index (χ0) is 29.6. The highest BCUT2D eigenvalue weighted by molar-refractivity contribution is 5.95. The van der Waals surface area contributed by atoms with Crippen LogP contribution in [0.5, 0.6) is 23.0 Å². The molecule has 0 saturated carbocycles. The predicted molar refractivity (Wildman–Crippen MR) is 157 cm³/mol. The number of fused-ring (bicyclic) bond motifs is 1. The van der Waals surface area contributed by atoms with Gasteiger partial charge in [0.15, 0.2) is 0 Å². The third kappa shape index (κ3) is 6.69.